The summed E-state index contributed by atoms with van der Waals surface area (Å²) in [6.45, 7) is 13.2. The number of rotatable bonds is 6. The molecule has 0 heterocycles. The number of nitrogens with one attached hydrogen (secondary N) is 1. The molecule has 0 saturated carbocycles. The van der Waals surface area contributed by atoms with E-state index >= 15 is 0 Å². The van der Waals surface area contributed by atoms with Gasteiger partial charge in [0.1, 0.15) is 0 Å². The van der Waals surface area contributed by atoms with Crippen LogP contribution in [0.15, 0.2) is 63.9 Å². The molecule has 3 aromatic carbocycles. The first kappa shape index (κ1) is 23.3. The first-order valence-electron chi connectivity index (χ1n) is 10.7. The molecule has 0 fully saturated rings. The van der Waals surface area contributed by atoms with Gasteiger partial charge in [-0.25, -0.2) is 3.21 Å². The van der Waals surface area contributed by atoms with Gasteiger partial charge in [-0.15, -0.1) is 0 Å². The summed E-state index contributed by atoms with van der Waals surface area (Å²) in [5.41, 5.74) is 12.3. The predicted octanol–water partition coefficient (Wildman–Crippen LogP) is 8.58. The van der Waals surface area contributed by atoms with Crippen LogP contribution in [0.3, 0.4) is 0 Å². The van der Waals surface area contributed by atoms with E-state index in [1.807, 2.05) is 29.1 Å². The third kappa shape index (κ3) is 5.65. The lowest BCUT2D eigenvalue weighted by Gasteiger charge is -2.20. The first-order valence-corrected chi connectivity index (χ1v) is 11.7. The molecule has 160 valence electrons. The van der Waals surface area contributed by atoms with Crippen LogP contribution in [-0.2, 0) is 0 Å². The molecular formula is C28H31IN2. The SMILES string of the molecule is Cc1cc(C)cc(-c2cc(C)c(/C(=C/C=N/I)Nc3ccccc3C(C)C)c(C)c2)c1. The van der Waals surface area contributed by atoms with Crippen LogP contribution in [-0.4, -0.2) is 6.21 Å². The van der Waals surface area contributed by atoms with Crippen molar-refractivity contribution in [2.45, 2.75) is 47.5 Å². The topological polar surface area (TPSA) is 24.4 Å². The summed E-state index contributed by atoms with van der Waals surface area (Å²) < 4.78 is 4.17. The van der Waals surface area contributed by atoms with Gasteiger partial charge < -0.3 is 5.32 Å². The molecule has 0 amide bonds. The van der Waals surface area contributed by atoms with E-state index < -0.39 is 0 Å². The Balaban J connectivity index is 2.09. The van der Waals surface area contributed by atoms with E-state index in [9.17, 15) is 0 Å². The minimum absolute atomic E-state index is 0.442. The van der Waals surface area contributed by atoms with Crippen molar-refractivity contribution in [3.63, 3.8) is 0 Å². The summed E-state index contributed by atoms with van der Waals surface area (Å²) in [7, 11) is 0. The summed E-state index contributed by atoms with van der Waals surface area (Å²) >= 11 is 2.02. The Morgan fingerprint density at radius 1 is 0.871 bits per heavy atom. The molecule has 0 aliphatic heterocycles. The largest absolute Gasteiger partial charge is 0.355 e. The maximum atomic E-state index is 4.17. The molecule has 3 aromatic rings. The van der Waals surface area contributed by atoms with E-state index in [2.05, 4.69) is 111 Å². The average molecular weight is 522 g/mol. The minimum Gasteiger partial charge on any atom is -0.355 e. The predicted molar refractivity (Wildman–Crippen MR) is 145 cm³/mol. The van der Waals surface area contributed by atoms with Crippen molar-refractivity contribution in [1.82, 2.24) is 0 Å². The van der Waals surface area contributed by atoms with Crippen LogP contribution in [0.1, 0.15) is 53.1 Å². The van der Waals surface area contributed by atoms with Gasteiger partial charge in [0.05, 0.1) is 22.9 Å². The number of nitrogens with zero attached hydrogens (tertiary/aromatic N) is 1. The smallest absolute Gasteiger partial charge is 0.0831 e. The van der Waals surface area contributed by atoms with Crippen LogP contribution in [0.5, 0.6) is 0 Å². The second-order valence-corrected chi connectivity index (χ2v) is 9.11. The Bertz CT molecular complexity index is 1100. The van der Waals surface area contributed by atoms with Crippen molar-refractivity contribution in [2.24, 2.45) is 3.21 Å². The Labute approximate surface area is 201 Å². The van der Waals surface area contributed by atoms with Crippen LogP contribution >= 0.6 is 22.9 Å². The van der Waals surface area contributed by atoms with Crippen LogP contribution in [0.2, 0.25) is 0 Å². The standard InChI is InChI=1S/C28H31IN2/c1-18(2)25-9-7-8-10-26(25)31-27(11-12-30-29)28-21(5)16-24(17-22(28)6)23-14-19(3)13-20(4)15-23/h7-18,31H,1-6H3/b27-11-,30-12+. The number of aryl methyl sites for hydroxylation is 4. The molecule has 0 saturated heterocycles. The Hall–Kier alpha value is -2.40. The van der Waals surface area contributed by atoms with Gasteiger partial charge in [-0.05, 0) is 73.6 Å². The molecule has 2 nitrogen and oxygen atoms in total. The van der Waals surface area contributed by atoms with E-state index in [0.717, 1.165) is 11.4 Å². The lowest BCUT2D eigenvalue weighted by Crippen LogP contribution is -2.06. The summed E-state index contributed by atoms with van der Waals surface area (Å²) in [5.74, 6) is 0.442. The van der Waals surface area contributed by atoms with E-state index in [-0.39, 0.29) is 0 Å². The van der Waals surface area contributed by atoms with E-state index in [1.165, 1.54) is 44.5 Å². The highest BCUT2D eigenvalue weighted by molar-refractivity contribution is 14.1. The van der Waals surface area contributed by atoms with Gasteiger partial charge >= 0.3 is 0 Å². The molecule has 0 aromatic heterocycles. The second-order valence-electron chi connectivity index (χ2n) is 8.56. The van der Waals surface area contributed by atoms with Crippen LogP contribution in [0.4, 0.5) is 5.69 Å². The molecule has 31 heavy (non-hydrogen) atoms. The van der Waals surface area contributed by atoms with Crippen molar-refractivity contribution in [1.29, 1.82) is 0 Å². The Morgan fingerprint density at radius 2 is 1.45 bits per heavy atom. The summed E-state index contributed by atoms with van der Waals surface area (Å²) in [6.07, 6.45) is 3.91. The maximum Gasteiger partial charge on any atom is 0.0831 e. The van der Waals surface area contributed by atoms with Crippen molar-refractivity contribution >= 4 is 40.5 Å². The minimum atomic E-state index is 0.442. The summed E-state index contributed by atoms with van der Waals surface area (Å²) in [5, 5.41) is 3.71. The van der Waals surface area contributed by atoms with Crippen molar-refractivity contribution in [3.05, 3.63) is 94.1 Å². The van der Waals surface area contributed by atoms with Crippen molar-refractivity contribution in [3.8, 4) is 11.1 Å². The lowest BCUT2D eigenvalue weighted by atomic mass is 9.92. The van der Waals surface area contributed by atoms with Gasteiger partial charge in [-0.2, -0.15) is 0 Å². The van der Waals surface area contributed by atoms with Crippen molar-refractivity contribution in [2.75, 3.05) is 5.32 Å². The fourth-order valence-corrected chi connectivity index (χ4v) is 4.41. The second kappa shape index (κ2) is 10.3. The number of hydrogen-bond acceptors (Lipinski definition) is 2. The highest BCUT2D eigenvalue weighted by Gasteiger charge is 2.14. The number of hydrogen-bond donors (Lipinski definition) is 1. The van der Waals surface area contributed by atoms with Gasteiger partial charge in [-0.1, -0.05) is 73.5 Å². The molecule has 1 N–H and O–H groups in total. The van der Waals surface area contributed by atoms with Gasteiger partial charge in [0.2, 0.25) is 0 Å². The summed E-state index contributed by atoms with van der Waals surface area (Å²) in [4.78, 5) is 0. The van der Waals surface area contributed by atoms with Crippen LogP contribution < -0.4 is 5.32 Å². The number of para-hydroxylation sites is 1. The van der Waals surface area contributed by atoms with Crippen LogP contribution in [0.25, 0.3) is 16.8 Å². The molecule has 0 bridgehead atoms. The van der Waals surface area contributed by atoms with Gasteiger partial charge in [0.15, 0.2) is 0 Å². The Kier molecular flexibility index (Phi) is 7.71. The molecule has 3 heteroatoms. The molecule has 0 aliphatic carbocycles. The molecule has 0 aliphatic rings. The third-order valence-corrected chi connectivity index (χ3v) is 5.83. The lowest BCUT2D eigenvalue weighted by molar-refractivity contribution is 0.869. The quantitative estimate of drug-likeness (QED) is 0.255. The zero-order chi connectivity index (χ0) is 22.5. The fraction of sp³-hybridized carbons (Fsp3) is 0.250. The zero-order valence-electron chi connectivity index (χ0n) is 19.3. The van der Waals surface area contributed by atoms with Gasteiger partial charge in [-0.3, -0.25) is 0 Å². The number of anilines is 1. The van der Waals surface area contributed by atoms with E-state index in [4.69, 9.17) is 0 Å². The highest BCUT2D eigenvalue weighted by atomic mass is 127. The van der Waals surface area contributed by atoms with E-state index in [0.29, 0.717) is 5.92 Å². The molecule has 0 spiro atoms. The molecule has 0 radical (unpaired) electrons. The zero-order valence-corrected chi connectivity index (χ0v) is 21.4. The molecular weight excluding hydrogens is 491 g/mol. The molecule has 3 rings (SSSR count). The first-order chi connectivity index (χ1) is 14.8. The highest BCUT2D eigenvalue weighted by Crippen LogP contribution is 2.33. The summed E-state index contributed by atoms with van der Waals surface area (Å²) in [6, 6.07) is 19.9. The van der Waals surface area contributed by atoms with Crippen molar-refractivity contribution < 1.29 is 0 Å². The fourth-order valence-electron chi connectivity index (χ4n) is 4.25. The molecule has 0 unspecified atom stereocenters. The number of halogens is 1. The third-order valence-electron chi connectivity index (χ3n) is 5.51. The number of allylic oxidation sites excluding steroid dienone is 1. The van der Waals surface area contributed by atoms with Gasteiger partial charge in [0, 0.05) is 23.2 Å². The monoisotopic (exact) mass is 522 g/mol. The normalized spacial score (nSPS) is 12.1. The average Bonchev–Trinajstić information content (AvgIpc) is 2.70. The van der Waals surface area contributed by atoms with Crippen LogP contribution in [0, 0.1) is 27.7 Å². The maximum absolute atomic E-state index is 4.17. The Morgan fingerprint density at radius 3 is 2.03 bits per heavy atom. The van der Waals surface area contributed by atoms with Gasteiger partial charge in [0.25, 0.3) is 0 Å². The number of benzene rings is 3. The molecule has 0 atom stereocenters. The van der Waals surface area contributed by atoms with E-state index in [1.54, 1.807) is 0 Å².